The van der Waals surface area contributed by atoms with Crippen molar-refractivity contribution in [1.29, 1.82) is 0 Å². The summed E-state index contributed by atoms with van der Waals surface area (Å²) in [4.78, 5) is 11.6. The Kier molecular flexibility index (Phi) is 6.03. The fourth-order valence-corrected chi connectivity index (χ4v) is 3.30. The van der Waals surface area contributed by atoms with Crippen LogP contribution < -0.4 is 4.72 Å². The Morgan fingerprint density at radius 1 is 1.24 bits per heavy atom. The Bertz CT molecular complexity index is 585. The van der Waals surface area contributed by atoms with Gasteiger partial charge < -0.3 is 10.2 Å². The molecule has 1 rings (SSSR count). The number of carbonyl (C=O) groups excluding carboxylic acids is 1. The molecule has 0 unspecified atom stereocenters. The number of benzene rings is 1. The van der Waals surface area contributed by atoms with Gasteiger partial charge in [0.1, 0.15) is 0 Å². The summed E-state index contributed by atoms with van der Waals surface area (Å²) in [5.41, 5.74) is -1.00. The van der Waals surface area contributed by atoms with E-state index in [-0.39, 0.29) is 23.5 Å². The highest BCUT2D eigenvalue weighted by Crippen LogP contribution is 2.17. The quantitative estimate of drug-likeness (QED) is 0.612. The smallest absolute Gasteiger partial charge is 0.241 e. The summed E-state index contributed by atoms with van der Waals surface area (Å²) in [7, 11) is -3.94. The van der Waals surface area contributed by atoms with Crippen LogP contribution in [0.25, 0.3) is 0 Å². The zero-order valence-corrected chi connectivity index (χ0v) is 13.0. The molecule has 0 atom stereocenters. The Hall–Kier alpha value is -1.28. The summed E-state index contributed by atoms with van der Waals surface area (Å²) >= 11 is 0. The van der Waals surface area contributed by atoms with Gasteiger partial charge in [-0.1, -0.05) is 26.0 Å². The molecule has 0 aliphatic rings. The van der Waals surface area contributed by atoms with Crippen molar-refractivity contribution in [3.05, 3.63) is 29.8 Å². The maximum atomic E-state index is 12.3. The molecule has 0 fully saturated rings. The summed E-state index contributed by atoms with van der Waals surface area (Å²) in [5.74, 6) is -0.155. The SMILES string of the molecule is CCC(=O)c1cccc(S(=O)(=O)NC(CC)(CO)CO)c1. The van der Waals surface area contributed by atoms with E-state index in [0.29, 0.717) is 5.56 Å². The van der Waals surface area contributed by atoms with Crippen LogP contribution in [0.15, 0.2) is 29.2 Å². The number of nitrogens with one attached hydrogen (secondary N) is 1. The van der Waals surface area contributed by atoms with Gasteiger partial charge in [0.15, 0.2) is 5.78 Å². The van der Waals surface area contributed by atoms with Crippen LogP contribution in [0.3, 0.4) is 0 Å². The molecular weight excluding hydrogens is 294 g/mol. The number of Topliss-reactive ketones (excluding diaryl/α,β-unsaturated/α-hetero) is 1. The molecule has 1 aromatic carbocycles. The van der Waals surface area contributed by atoms with Crippen molar-refractivity contribution in [3.63, 3.8) is 0 Å². The van der Waals surface area contributed by atoms with Gasteiger partial charge in [0.25, 0.3) is 0 Å². The van der Waals surface area contributed by atoms with Crippen LogP contribution in [0, 0.1) is 0 Å². The van der Waals surface area contributed by atoms with Crippen LogP contribution in [-0.4, -0.2) is 43.2 Å². The van der Waals surface area contributed by atoms with E-state index in [0.717, 1.165) is 0 Å². The van der Waals surface area contributed by atoms with E-state index in [2.05, 4.69) is 4.72 Å². The van der Waals surface area contributed by atoms with Crippen LogP contribution in [0.1, 0.15) is 37.0 Å². The number of sulfonamides is 1. The molecule has 21 heavy (non-hydrogen) atoms. The molecule has 0 bridgehead atoms. The number of hydrogen-bond donors (Lipinski definition) is 3. The minimum absolute atomic E-state index is 0.0680. The van der Waals surface area contributed by atoms with Crippen molar-refractivity contribution >= 4 is 15.8 Å². The van der Waals surface area contributed by atoms with Crippen LogP contribution in [0.2, 0.25) is 0 Å². The van der Waals surface area contributed by atoms with Crippen molar-refractivity contribution in [2.45, 2.75) is 37.1 Å². The Morgan fingerprint density at radius 2 is 1.86 bits per heavy atom. The lowest BCUT2D eigenvalue weighted by Crippen LogP contribution is -2.53. The topological polar surface area (TPSA) is 104 Å². The second kappa shape index (κ2) is 7.13. The number of aliphatic hydroxyl groups is 2. The molecule has 0 aromatic heterocycles. The van der Waals surface area contributed by atoms with E-state index < -0.39 is 28.8 Å². The number of aliphatic hydroxyl groups excluding tert-OH is 2. The van der Waals surface area contributed by atoms with Crippen molar-refractivity contribution < 1.29 is 23.4 Å². The molecule has 0 aliphatic heterocycles. The monoisotopic (exact) mass is 315 g/mol. The molecule has 0 aliphatic carbocycles. The third-order valence-electron chi connectivity index (χ3n) is 3.42. The van der Waals surface area contributed by atoms with Gasteiger partial charge >= 0.3 is 0 Å². The summed E-state index contributed by atoms with van der Waals surface area (Å²) in [6, 6.07) is 5.70. The van der Waals surface area contributed by atoms with Crippen LogP contribution in [0.4, 0.5) is 0 Å². The first-order valence-electron chi connectivity index (χ1n) is 6.73. The first-order chi connectivity index (χ1) is 9.84. The van der Waals surface area contributed by atoms with E-state index >= 15 is 0 Å². The van der Waals surface area contributed by atoms with E-state index in [1.54, 1.807) is 19.9 Å². The minimum atomic E-state index is -3.94. The highest BCUT2D eigenvalue weighted by molar-refractivity contribution is 7.89. The lowest BCUT2D eigenvalue weighted by molar-refractivity contribution is 0.0987. The van der Waals surface area contributed by atoms with Crippen molar-refractivity contribution in [2.75, 3.05) is 13.2 Å². The van der Waals surface area contributed by atoms with Gasteiger partial charge in [-0.3, -0.25) is 4.79 Å². The molecule has 118 valence electrons. The van der Waals surface area contributed by atoms with E-state index in [4.69, 9.17) is 0 Å². The predicted molar refractivity (Wildman–Crippen MR) is 78.6 cm³/mol. The number of rotatable bonds is 8. The summed E-state index contributed by atoms with van der Waals surface area (Å²) in [5, 5.41) is 18.7. The molecule has 1 aromatic rings. The van der Waals surface area contributed by atoms with Gasteiger partial charge in [-0.15, -0.1) is 0 Å². The number of carbonyl (C=O) groups is 1. The first-order valence-corrected chi connectivity index (χ1v) is 8.21. The highest BCUT2D eigenvalue weighted by Gasteiger charge is 2.32. The largest absolute Gasteiger partial charge is 0.394 e. The fourth-order valence-electron chi connectivity index (χ4n) is 1.80. The van der Waals surface area contributed by atoms with Gasteiger partial charge in [-0.2, -0.15) is 0 Å². The van der Waals surface area contributed by atoms with E-state index in [1.165, 1.54) is 18.2 Å². The Labute approximate surface area is 124 Å². The number of ketones is 1. The maximum Gasteiger partial charge on any atom is 0.241 e. The molecule has 0 saturated heterocycles. The molecule has 3 N–H and O–H groups in total. The maximum absolute atomic E-state index is 12.3. The van der Waals surface area contributed by atoms with E-state index in [1.807, 2.05) is 0 Å². The average Bonchev–Trinajstić information content (AvgIpc) is 2.52. The highest BCUT2D eigenvalue weighted by atomic mass is 32.2. The van der Waals surface area contributed by atoms with Gasteiger partial charge in [-0.05, 0) is 18.6 Å². The third-order valence-corrected chi connectivity index (χ3v) is 5.00. The molecule has 6 nitrogen and oxygen atoms in total. The first kappa shape index (κ1) is 17.8. The van der Waals surface area contributed by atoms with Crippen LogP contribution in [-0.2, 0) is 10.0 Å². The summed E-state index contributed by atoms with van der Waals surface area (Å²) in [6.45, 7) is 2.31. The van der Waals surface area contributed by atoms with Gasteiger partial charge in [0.05, 0.1) is 23.6 Å². The second-order valence-electron chi connectivity index (χ2n) is 4.86. The zero-order valence-electron chi connectivity index (χ0n) is 12.2. The lowest BCUT2D eigenvalue weighted by atomic mass is 10.0. The summed E-state index contributed by atoms with van der Waals surface area (Å²) < 4.78 is 27.0. The van der Waals surface area contributed by atoms with Crippen LogP contribution >= 0.6 is 0 Å². The van der Waals surface area contributed by atoms with Crippen LogP contribution in [0.5, 0.6) is 0 Å². The Balaban J connectivity index is 3.16. The fraction of sp³-hybridized carbons (Fsp3) is 0.500. The molecule has 0 amide bonds. The average molecular weight is 315 g/mol. The summed E-state index contributed by atoms with van der Waals surface area (Å²) in [6.07, 6.45) is 0.510. The number of hydrogen-bond acceptors (Lipinski definition) is 5. The van der Waals surface area contributed by atoms with Crippen molar-refractivity contribution in [2.24, 2.45) is 0 Å². The molecule has 7 heteroatoms. The molecule has 0 radical (unpaired) electrons. The third kappa shape index (κ3) is 4.10. The van der Waals surface area contributed by atoms with Gasteiger partial charge in [0.2, 0.25) is 10.0 Å². The van der Waals surface area contributed by atoms with Crippen molar-refractivity contribution in [3.8, 4) is 0 Å². The predicted octanol–water partition coefficient (Wildman–Crippen LogP) is 0.691. The standard InChI is InChI=1S/C14H21NO5S/c1-3-13(18)11-6-5-7-12(8-11)21(19,20)15-14(4-2,9-16)10-17/h5-8,15-17H,3-4,9-10H2,1-2H3. The normalized spacial score (nSPS) is 12.4. The van der Waals surface area contributed by atoms with E-state index in [9.17, 15) is 23.4 Å². The molecule has 0 saturated carbocycles. The van der Waals surface area contributed by atoms with Crippen molar-refractivity contribution in [1.82, 2.24) is 4.72 Å². The minimum Gasteiger partial charge on any atom is -0.394 e. The molecule has 0 heterocycles. The molecule has 0 spiro atoms. The Morgan fingerprint density at radius 3 is 2.33 bits per heavy atom. The lowest BCUT2D eigenvalue weighted by Gasteiger charge is -2.29. The van der Waals surface area contributed by atoms with Gasteiger partial charge in [0, 0.05) is 12.0 Å². The molecular formula is C14H21NO5S. The van der Waals surface area contributed by atoms with Gasteiger partial charge in [-0.25, -0.2) is 13.1 Å². The zero-order chi connectivity index (χ0) is 16.1. The second-order valence-corrected chi connectivity index (χ2v) is 6.54.